The minimum atomic E-state index is -1.20. The van der Waals surface area contributed by atoms with Crippen LogP contribution in [0.4, 0.5) is 11.4 Å². The molecule has 0 aromatic heterocycles. The number of β-amino-alcohol motifs (C(OH)–C–C–N with tert-alkyl or cyclic N) is 1. The highest BCUT2D eigenvalue weighted by atomic mass is 35.5. The van der Waals surface area contributed by atoms with Crippen molar-refractivity contribution in [1.29, 1.82) is 0 Å². The molecule has 2 unspecified atom stereocenters. The number of aliphatic hydroxyl groups excluding tert-OH is 1. The number of anilines is 2. The van der Waals surface area contributed by atoms with Crippen LogP contribution in [0.1, 0.15) is 19.8 Å². The smallest absolute Gasteiger partial charge is 0.253 e. The van der Waals surface area contributed by atoms with Crippen LogP contribution in [-0.2, 0) is 19.1 Å². The van der Waals surface area contributed by atoms with Crippen LogP contribution in [0, 0.1) is 11.8 Å². The summed E-state index contributed by atoms with van der Waals surface area (Å²) in [6, 6.07) is 13.0. The first-order valence-electron chi connectivity index (χ1n) is 14.2. The van der Waals surface area contributed by atoms with Crippen LogP contribution in [0.2, 0.25) is 5.02 Å². The number of rotatable bonds is 12. The van der Waals surface area contributed by atoms with Gasteiger partial charge in [-0.15, -0.1) is 13.2 Å². The van der Waals surface area contributed by atoms with Gasteiger partial charge in [-0.3, -0.25) is 14.4 Å². The molecule has 9 nitrogen and oxygen atoms in total. The third kappa shape index (κ3) is 4.99. The van der Waals surface area contributed by atoms with E-state index in [4.69, 9.17) is 21.1 Å². The number of amides is 3. The van der Waals surface area contributed by atoms with Crippen molar-refractivity contribution in [1.82, 2.24) is 4.90 Å². The molecular weight excluding hydrogens is 558 g/mol. The second-order valence-corrected chi connectivity index (χ2v) is 11.1. The summed E-state index contributed by atoms with van der Waals surface area (Å²) in [5.74, 6) is -1.95. The third-order valence-electron chi connectivity index (χ3n) is 8.41. The van der Waals surface area contributed by atoms with Gasteiger partial charge in [0.25, 0.3) is 5.91 Å². The molecule has 3 amide bonds. The number of benzene rings is 2. The molecule has 3 aliphatic heterocycles. The molecule has 1 N–H and O–H groups in total. The topological polar surface area (TPSA) is 99.6 Å². The van der Waals surface area contributed by atoms with E-state index in [0.29, 0.717) is 41.6 Å². The summed E-state index contributed by atoms with van der Waals surface area (Å²) in [5.41, 5.74) is 0.0394. The quantitative estimate of drug-likeness (QED) is 0.376. The summed E-state index contributed by atoms with van der Waals surface area (Å²) in [6.07, 6.45) is 3.71. The lowest BCUT2D eigenvalue weighted by Gasteiger charge is -2.36. The predicted molar refractivity (Wildman–Crippen MR) is 161 cm³/mol. The van der Waals surface area contributed by atoms with Crippen LogP contribution in [0.5, 0.6) is 5.75 Å². The maximum atomic E-state index is 14.4. The van der Waals surface area contributed by atoms with Crippen molar-refractivity contribution in [2.24, 2.45) is 11.8 Å². The van der Waals surface area contributed by atoms with Gasteiger partial charge in [0.05, 0.1) is 31.2 Å². The van der Waals surface area contributed by atoms with E-state index >= 15 is 0 Å². The Morgan fingerprint density at radius 3 is 2.24 bits per heavy atom. The molecule has 222 valence electrons. The fourth-order valence-electron chi connectivity index (χ4n) is 6.80. The normalized spacial score (nSPS) is 25.7. The molecule has 0 saturated carbocycles. The SMILES string of the molecule is C=CCN(C(=O)C1N(CCO)C(=O)[C@@H]2[C@H](C(=O)N(CC=C)c3ccc(OCC)cc3)[C@@H]3CCC12O3)c1ccc(Cl)cc1. The monoisotopic (exact) mass is 593 g/mol. The Hall–Kier alpha value is -3.66. The minimum Gasteiger partial charge on any atom is -0.494 e. The van der Waals surface area contributed by atoms with Crippen LogP contribution in [0.25, 0.3) is 0 Å². The van der Waals surface area contributed by atoms with Crippen LogP contribution in [-0.4, -0.2) is 78.3 Å². The fourth-order valence-corrected chi connectivity index (χ4v) is 6.93. The molecular formula is C32H36ClN3O6. The molecule has 42 heavy (non-hydrogen) atoms. The Labute approximate surface area is 250 Å². The summed E-state index contributed by atoms with van der Waals surface area (Å²) in [4.78, 5) is 47.3. The standard InChI is InChI=1S/C32H36ClN3O6/c1-4-17-34(23-11-13-24(14-12-23)41-6-3)29(38)26-25-15-16-32(42-25)27(26)30(39)36(19-20-37)28(32)31(40)35(18-5-2)22-9-7-21(33)8-10-22/h4-5,7-14,25-28,37H,1-2,6,15-20H2,3H3/t25-,26+,27-,28?,32?/m0/s1. The Balaban J connectivity index is 1.51. The van der Waals surface area contributed by atoms with Gasteiger partial charge in [-0.25, -0.2) is 0 Å². The summed E-state index contributed by atoms with van der Waals surface area (Å²) < 4.78 is 12.1. The van der Waals surface area contributed by atoms with Crippen molar-refractivity contribution in [3.05, 3.63) is 78.9 Å². The number of carbonyl (C=O) groups excluding carboxylic acids is 3. The molecule has 5 rings (SSSR count). The Bertz CT molecular complexity index is 1350. The van der Waals surface area contributed by atoms with Crippen LogP contribution < -0.4 is 14.5 Å². The molecule has 2 bridgehead atoms. The number of likely N-dealkylation sites (tertiary alicyclic amines) is 1. The van der Waals surface area contributed by atoms with E-state index in [1.54, 1.807) is 70.5 Å². The van der Waals surface area contributed by atoms with E-state index in [0.717, 1.165) is 0 Å². The molecule has 3 aliphatic rings. The van der Waals surface area contributed by atoms with E-state index in [-0.39, 0.29) is 44.0 Å². The minimum absolute atomic E-state index is 0.0553. The summed E-state index contributed by atoms with van der Waals surface area (Å²) in [6.45, 7) is 10.1. The first-order chi connectivity index (χ1) is 20.3. The van der Waals surface area contributed by atoms with Crippen LogP contribution in [0.3, 0.4) is 0 Å². The number of fused-ring (bicyclic) bond motifs is 1. The predicted octanol–water partition coefficient (Wildman–Crippen LogP) is 3.84. The number of hydrogen-bond acceptors (Lipinski definition) is 6. The average molecular weight is 594 g/mol. The maximum absolute atomic E-state index is 14.4. The third-order valence-corrected chi connectivity index (χ3v) is 8.67. The molecule has 3 saturated heterocycles. The number of aliphatic hydroxyl groups is 1. The van der Waals surface area contributed by atoms with Gasteiger partial charge >= 0.3 is 0 Å². The Morgan fingerprint density at radius 2 is 1.67 bits per heavy atom. The van der Waals surface area contributed by atoms with E-state index < -0.39 is 29.6 Å². The van der Waals surface area contributed by atoms with Crippen molar-refractivity contribution in [3.8, 4) is 5.75 Å². The lowest BCUT2D eigenvalue weighted by atomic mass is 9.70. The molecule has 0 radical (unpaired) electrons. The number of carbonyl (C=O) groups is 3. The molecule has 1 spiro atoms. The lowest BCUT2D eigenvalue weighted by Crippen LogP contribution is -2.57. The van der Waals surface area contributed by atoms with Crippen molar-refractivity contribution >= 4 is 40.7 Å². The van der Waals surface area contributed by atoms with Crippen molar-refractivity contribution < 1.29 is 29.0 Å². The first-order valence-corrected chi connectivity index (χ1v) is 14.6. The molecule has 3 heterocycles. The van der Waals surface area contributed by atoms with Gasteiger partial charge in [0, 0.05) is 36.0 Å². The largest absolute Gasteiger partial charge is 0.494 e. The average Bonchev–Trinajstić information content (AvgIpc) is 3.63. The fraction of sp³-hybridized carbons (Fsp3) is 0.406. The number of ether oxygens (including phenoxy) is 2. The zero-order valence-corrected chi connectivity index (χ0v) is 24.4. The van der Waals surface area contributed by atoms with Gasteiger partial charge in [0.2, 0.25) is 11.8 Å². The number of hydrogen-bond donors (Lipinski definition) is 1. The van der Waals surface area contributed by atoms with E-state index in [1.165, 1.54) is 4.90 Å². The highest BCUT2D eigenvalue weighted by molar-refractivity contribution is 6.30. The second-order valence-electron chi connectivity index (χ2n) is 10.7. The van der Waals surface area contributed by atoms with Crippen molar-refractivity contribution in [2.45, 2.75) is 37.5 Å². The van der Waals surface area contributed by atoms with Crippen molar-refractivity contribution in [3.63, 3.8) is 0 Å². The number of halogens is 1. The Morgan fingerprint density at radius 1 is 1.07 bits per heavy atom. The molecule has 5 atom stereocenters. The molecule has 2 aromatic carbocycles. The number of nitrogens with zero attached hydrogens (tertiary/aromatic N) is 3. The van der Waals surface area contributed by atoms with E-state index in [2.05, 4.69) is 13.2 Å². The highest BCUT2D eigenvalue weighted by Gasteiger charge is 2.75. The van der Waals surface area contributed by atoms with E-state index in [9.17, 15) is 19.5 Å². The van der Waals surface area contributed by atoms with Gasteiger partial charge in [0.15, 0.2) is 0 Å². The van der Waals surface area contributed by atoms with Gasteiger partial charge in [-0.05, 0) is 68.3 Å². The molecule has 0 aliphatic carbocycles. The van der Waals surface area contributed by atoms with Crippen LogP contribution in [0.15, 0.2) is 73.8 Å². The van der Waals surface area contributed by atoms with Crippen LogP contribution >= 0.6 is 11.6 Å². The van der Waals surface area contributed by atoms with Gasteiger partial charge < -0.3 is 29.3 Å². The molecule has 10 heteroatoms. The van der Waals surface area contributed by atoms with Gasteiger partial charge in [-0.2, -0.15) is 0 Å². The van der Waals surface area contributed by atoms with Gasteiger partial charge in [0.1, 0.15) is 17.4 Å². The summed E-state index contributed by atoms with van der Waals surface area (Å²) >= 11 is 6.09. The highest BCUT2D eigenvalue weighted by Crippen LogP contribution is 2.59. The summed E-state index contributed by atoms with van der Waals surface area (Å²) in [5, 5.41) is 10.4. The van der Waals surface area contributed by atoms with E-state index in [1.807, 2.05) is 6.92 Å². The maximum Gasteiger partial charge on any atom is 0.253 e. The van der Waals surface area contributed by atoms with Gasteiger partial charge in [-0.1, -0.05) is 23.8 Å². The van der Waals surface area contributed by atoms with Crippen molar-refractivity contribution in [2.75, 3.05) is 42.6 Å². The molecule has 2 aromatic rings. The zero-order valence-electron chi connectivity index (χ0n) is 23.7. The zero-order chi connectivity index (χ0) is 30.0. The molecule has 3 fully saturated rings. The second kappa shape index (κ2) is 12.3. The first kappa shape index (κ1) is 29.8. The summed E-state index contributed by atoms with van der Waals surface area (Å²) in [7, 11) is 0. The lowest BCUT2D eigenvalue weighted by molar-refractivity contribution is -0.141. The Kier molecular flexibility index (Phi) is 8.73.